The molecule has 15 heavy (non-hydrogen) atoms. The summed E-state index contributed by atoms with van der Waals surface area (Å²) >= 11 is 1.66. The molecule has 1 aromatic carbocycles. The van der Waals surface area contributed by atoms with Crippen LogP contribution in [0.15, 0.2) is 17.0 Å². The molecular weight excluding hydrogens is 208 g/mol. The van der Waals surface area contributed by atoms with Crippen LogP contribution in [0.25, 0.3) is 0 Å². The lowest BCUT2D eigenvalue weighted by Crippen LogP contribution is -1.91. The molecule has 0 unspecified atom stereocenters. The van der Waals surface area contributed by atoms with Crippen molar-refractivity contribution in [3.8, 4) is 5.75 Å². The lowest BCUT2D eigenvalue weighted by atomic mass is 10.1. The van der Waals surface area contributed by atoms with Crippen molar-refractivity contribution in [2.24, 2.45) is 0 Å². The van der Waals surface area contributed by atoms with E-state index in [1.54, 1.807) is 18.9 Å². The zero-order valence-electron chi connectivity index (χ0n) is 9.37. The second kappa shape index (κ2) is 5.81. The Balaban J connectivity index is 2.84. The van der Waals surface area contributed by atoms with Crippen LogP contribution in [0.5, 0.6) is 5.75 Å². The first-order valence-corrected chi connectivity index (χ1v) is 5.89. The number of thioether (sulfide) groups is 1. The van der Waals surface area contributed by atoms with Crippen molar-refractivity contribution in [1.29, 1.82) is 0 Å². The predicted molar refractivity (Wildman–Crippen MR) is 63.9 cm³/mol. The zero-order chi connectivity index (χ0) is 11.3. The third kappa shape index (κ3) is 3.27. The highest BCUT2D eigenvalue weighted by atomic mass is 32.2. The zero-order valence-corrected chi connectivity index (χ0v) is 10.2. The number of hydrogen-bond donors (Lipinski definition) is 0. The first-order valence-electron chi connectivity index (χ1n) is 4.90. The molecule has 0 aliphatic heterocycles. The lowest BCUT2D eigenvalue weighted by Gasteiger charge is -2.10. The Morgan fingerprint density at radius 2 is 2.00 bits per heavy atom. The summed E-state index contributed by atoms with van der Waals surface area (Å²) in [4.78, 5) is 11.3. The molecule has 0 aliphatic carbocycles. The molecule has 1 rings (SSSR count). The van der Waals surface area contributed by atoms with Gasteiger partial charge < -0.3 is 9.53 Å². The van der Waals surface area contributed by atoms with Gasteiger partial charge in [-0.05, 0) is 37.1 Å². The van der Waals surface area contributed by atoms with Crippen LogP contribution in [0.4, 0.5) is 0 Å². The molecule has 0 saturated heterocycles. The molecule has 0 fully saturated rings. The summed E-state index contributed by atoms with van der Waals surface area (Å²) in [6.07, 6.45) is 1.53. The maximum atomic E-state index is 10.2. The topological polar surface area (TPSA) is 26.3 Å². The molecule has 0 atom stereocenters. The standard InChI is InChI=1S/C12H16O2S/c1-9-7-11(14-3)12(8-10(9)2)15-6-4-5-13/h5,7-8H,4,6H2,1-3H3. The van der Waals surface area contributed by atoms with Gasteiger partial charge in [-0.15, -0.1) is 11.8 Å². The second-order valence-corrected chi connectivity index (χ2v) is 4.53. The van der Waals surface area contributed by atoms with Gasteiger partial charge in [-0.1, -0.05) is 0 Å². The molecule has 0 N–H and O–H groups in total. The molecule has 0 saturated carbocycles. The van der Waals surface area contributed by atoms with E-state index in [2.05, 4.69) is 19.9 Å². The Morgan fingerprint density at radius 3 is 2.60 bits per heavy atom. The minimum atomic E-state index is 0.584. The van der Waals surface area contributed by atoms with Crippen molar-refractivity contribution in [3.05, 3.63) is 23.3 Å². The van der Waals surface area contributed by atoms with Crippen LogP contribution in [0.1, 0.15) is 17.5 Å². The molecule has 0 amide bonds. The highest BCUT2D eigenvalue weighted by Gasteiger charge is 2.05. The number of aldehydes is 1. The minimum absolute atomic E-state index is 0.584. The average molecular weight is 224 g/mol. The van der Waals surface area contributed by atoms with Crippen LogP contribution in [-0.2, 0) is 4.79 Å². The van der Waals surface area contributed by atoms with E-state index in [0.717, 1.165) is 22.7 Å². The fraction of sp³-hybridized carbons (Fsp3) is 0.417. The number of methoxy groups -OCH3 is 1. The lowest BCUT2D eigenvalue weighted by molar-refractivity contribution is -0.107. The quantitative estimate of drug-likeness (QED) is 0.437. The van der Waals surface area contributed by atoms with Crippen LogP contribution < -0.4 is 4.74 Å². The van der Waals surface area contributed by atoms with Gasteiger partial charge in [0.15, 0.2) is 0 Å². The van der Waals surface area contributed by atoms with Crippen molar-refractivity contribution >= 4 is 18.0 Å². The number of carbonyl (C=O) groups excluding carboxylic acids is 1. The van der Waals surface area contributed by atoms with Gasteiger partial charge in [0.05, 0.1) is 7.11 Å². The molecule has 1 aromatic rings. The summed E-state index contributed by atoms with van der Waals surface area (Å²) in [5.41, 5.74) is 2.48. The van der Waals surface area contributed by atoms with Gasteiger partial charge in [0.1, 0.15) is 12.0 Å². The Labute approximate surface area is 95.0 Å². The Kier molecular flexibility index (Phi) is 4.69. The third-order valence-electron chi connectivity index (χ3n) is 2.27. The van der Waals surface area contributed by atoms with Crippen LogP contribution in [0.2, 0.25) is 0 Å². The van der Waals surface area contributed by atoms with Gasteiger partial charge in [-0.3, -0.25) is 0 Å². The fourth-order valence-electron chi connectivity index (χ4n) is 1.25. The monoisotopic (exact) mass is 224 g/mol. The predicted octanol–water partition coefficient (Wildman–Crippen LogP) is 2.99. The fourth-order valence-corrected chi connectivity index (χ4v) is 2.23. The van der Waals surface area contributed by atoms with Crippen molar-refractivity contribution in [1.82, 2.24) is 0 Å². The summed E-state index contributed by atoms with van der Waals surface area (Å²) in [5.74, 6) is 1.71. The van der Waals surface area contributed by atoms with E-state index in [1.807, 2.05) is 6.07 Å². The summed E-state index contributed by atoms with van der Waals surface area (Å²) in [6.45, 7) is 4.15. The van der Waals surface area contributed by atoms with E-state index in [4.69, 9.17) is 4.74 Å². The molecule has 0 aromatic heterocycles. The summed E-state index contributed by atoms with van der Waals surface area (Å²) in [7, 11) is 1.67. The molecule has 0 aliphatic rings. The number of ether oxygens (including phenoxy) is 1. The highest BCUT2D eigenvalue weighted by Crippen LogP contribution is 2.32. The maximum absolute atomic E-state index is 10.2. The molecular formula is C12H16O2S. The molecule has 0 heterocycles. The SMILES string of the molecule is COc1cc(C)c(C)cc1SCCC=O. The average Bonchev–Trinajstić information content (AvgIpc) is 2.23. The van der Waals surface area contributed by atoms with E-state index in [1.165, 1.54) is 11.1 Å². The van der Waals surface area contributed by atoms with Crippen molar-refractivity contribution in [3.63, 3.8) is 0 Å². The Morgan fingerprint density at radius 1 is 1.33 bits per heavy atom. The number of hydrogen-bond acceptors (Lipinski definition) is 3. The van der Waals surface area contributed by atoms with Gasteiger partial charge in [-0.2, -0.15) is 0 Å². The molecule has 0 radical (unpaired) electrons. The van der Waals surface area contributed by atoms with Crippen LogP contribution >= 0.6 is 11.8 Å². The van der Waals surface area contributed by atoms with E-state index >= 15 is 0 Å². The van der Waals surface area contributed by atoms with Gasteiger partial charge in [-0.25, -0.2) is 0 Å². The Bertz CT molecular complexity index is 348. The summed E-state index contributed by atoms with van der Waals surface area (Å²) in [6, 6.07) is 4.15. The van der Waals surface area contributed by atoms with E-state index in [-0.39, 0.29) is 0 Å². The van der Waals surface area contributed by atoms with Crippen LogP contribution in [0, 0.1) is 13.8 Å². The molecule has 3 heteroatoms. The number of benzene rings is 1. The van der Waals surface area contributed by atoms with Gasteiger partial charge in [0, 0.05) is 17.1 Å². The van der Waals surface area contributed by atoms with Gasteiger partial charge in [0.25, 0.3) is 0 Å². The second-order valence-electron chi connectivity index (χ2n) is 3.39. The molecule has 0 spiro atoms. The third-order valence-corrected chi connectivity index (χ3v) is 3.34. The largest absolute Gasteiger partial charge is 0.496 e. The maximum Gasteiger partial charge on any atom is 0.132 e. The molecule has 82 valence electrons. The van der Waals surface area contributed by atoms with Crippen molar-refractivity contribution in [2.45, 2.75) is 25.2 Å². The van der Waals surface area contributed by atoms with Crippen molar-refractivity contribution in [2.75, 3.05) is 12.9 Å². The van der Waals surface area contributed by atoms with E-state index in [0.29, 0.717) is 6.42 Å². The molecule has 2 nitrogen and oxygen atoms in total. The first kappa shape index (κ1) is 12.1. The van der Waals surface area contributed by atoms with Crippen LogP contribution in [-0.4, -0.2) is 19.1 Å². The smallest absolute Gasteiger partial charge is 0.132 e. The summed E-state index contributed by atoms with van der Waals surface area (Å²) in [5, 5.41) is 0. The van der Waals surface area contributed by atoms with Gasteiger partial charge in [0.2, 0.25) is 0 Å². The van der Waals surface area contributed by atoms with Gasteiger partial charge >= 0.3 is 0 Å². The minimum Gasteiger partial charge on any atom is -0.496 e. The van der Waals surface area contributed by atoms with Crippen molar-refractivity contribution < 1.29 is 9.53 Å². The van der Waals surface area contributed by atoms with E-state index in [9.17, 15) is 4.79 Å². The Hall–Kier alpha value is -0.960. The molecule has 0 bridgehead atoms. The number of aryl methyl sites for hydroxylation is 2. The number of rotatable bonds is 5. The normalized spacial score (nSPS) is 10.1. The van der Waals surface area contributed by atoms with Crippen LogP contribution in [0.3, 0.4) is 0 Å². The number of carbonyl (C=O) groups is 1. The first-order chi connectivity index (χ1) is 7.19. The summed E-state index contributed by atoms with van der Waals surface area (Å²) < 4.78 is 5.30. The highest BCUT2D eigenvalue weighted by molar-refractivity contribution is 7.99. The van der Waals surface area contributed by atoms with E-state index < -0.39 is 0 Å².